The molecular weight excluding hydrogens is 299 g/mol. The van der Waals surface area contributed by atoms with Crippen LogP contribution in [0.2, 0.25) is 5.28 Å². The lowest BCUT2D eigenvalue weighted by atomic mass is 10.0. The zero-order valence-electron chi connectivity index (χ0n) is 10.6. The lowest BCUT2D eigenvalue weighted by Gasteiger charge is -2.26. The van der Waals surface area contributed by atoms with Crippen LogP contribution in [0.3, 0.4) is 0 Å². The van der Waals surface area contributed by atoms with Gasteiger partial charge in [0, 0.05) is 32.7 Å². The molecule has 1 unspecified atom stereocenters. The van der Waals surface area contributed by atoms with Gasteiger partial charge in [0.1, 0.15) is 11.4 Å². The third kappa shape index (κ3) is 3.50. The van der Waals surface area contributed by atoms with Crippen LogP contribution in [0.15, 0.2) is 6.07 Å². The van der Waals surface area contributed by atoms with E-state index < -0.39 is 22.8 Å². The predicted molar refractivity (Wildman–Crippen MR) is 65.7 cm³/mol. The van der Waals surface area contributed by atoms with Gasteiger partial charge in [0.2, 0.25) is 5.28 Å². The molecule has 1 aromatic rings. The Balaban J connectivity index is 2.11. The molecular formula is C11H13ClF3N3O2. The maximum absolute atomic E-state index is 12.6. The summed E-state index contributed by atoms with van der Waals surface area (Å²) in [4.78, 5) is 6.88. The van der Waals surface area contributed by atoms with Crippen LogP contribution in [0.5, 0.6) is 0 Å². The van der Waals surface area contributed by atoms with E-state index in [1.807, 2.05) is 0 Å². The quantitative estimate of drug-likeness (QED) is 0.865. The van der Waals surface area contributed by atoms with Crippen LogP contribution in [-0.4, -0.2) is 42.4 Å². The van der Waals surface area contributed by atoms with E-state index in [0.717, 1.165) is 6.07 Å². The first-order valence-corrected chi connectivity index (χ1v) is 6.21. The van der Waals surface area contributed by atoms with Gasteiger partial charge in [-0.2, -0.15) is 13.2 Å². The molecule has 0 radical (unpaired) electrons. The molecule has 1 aliphatic heterocycles. The Morgan fingerprint density at radius 1 is 1.50 bits per heavy atom. The highest BCUT2D eigenvalue weighted by Gasteiger charge is 2.36. The Bertz CT molecular complexity index is 478. The van der Waals surface area contributed by atoms with E-state index in [4.69, 9.17) is 21.1 Å². The lowest BCUT2D eigenvalue weighted by Crippen LogP contribution is -2.39. The van der Waals surface area contributed by atoms with E-state index >= 15 is 0 Å². The summed E-state index contributed by atoms with van der Waals surface area (Å²) in [5.74, 6) is 0.000602. The summed E-state index contributed by atoms with van der Waals surface area (Å²) >= 11 is 5.50. The third-order valence-corrected chi connectivity index (χ3v) is 3.25. The molecule has 1 fully saturated rings. The van der Waals surface area contributed by atoms with Gasteiger partial charge in [0.15, 0.2) is 5.69 Å². The first-order chi connectivity index (χ1) is 9.35. The zero-order valence-corrected chi connectivity index (χ0v) is 11.4. The van der Waals surface area contributed by atoms with Gasteiger partial charge in [0.25, 0.3) is 0 Å². The van der Waals surface area contributed by atoms with Crippen LogP contribution in [0.25, 0.3) is 0 Å². The van der Waals surface area contributed by atoms with Crippen molar-refractivity contribution in [3.8, 4) is 0 Å². The van der Waals surface area contributed by atoms with E-state index in [9.17, 15) is 13.2 Å². The Morgan fingerprint density at radius 3 is 2.80 bits per heavy atom. The minimum absolute atomic E-state index is 0.000602. The Hall–Kier alpha value is -1.12. The van der Waals surface area contributed by atoms with Crippen molar-refractivity contribution in [1.29, 1.82) is 0 Å². The molecule has 0 spiro atoms. The fourth-order valence-electron chi connectivity index (χ4n) is 1.87. The smallest absolute Gasteiger partial charge is 0.378 e. The molecule has 0 bridgehead atoms. The topological polar surface area (TPSA) is 56.3 Å². The average Bonchev–Trinajstić information content (AvgIpc) is 2.84. The number of aromatic nitrogens is 2. The summed E-state index contributed by atoms with van der Waals surface area (Å²) in [6, 6.07) is 0.811. The first kappa shape index (κ1) is 15.3. The number of ether oxygens (including phenoxy) is 2. The van der Waals surface area contributed by atoms with Gasteiger partial charge in [-0.1, -0.05) is 0 Å². The highest BCUT2D eigenvalue weighted by atomic mass is 35.5. The molecule has 20 heavy (non-hydrogen) atoms. The minimum atomic E-state index is -4.57. The second-order valence-electron chi connectivity index (χ2n) is 4.45. The number of halogens is 4. The standard InChI is InChI=1S/C11H13ClF3N3O2/c1-19-10(2-3-20-6-10)5-16-8-4-7(11(13,14)15)17-9(12)18-8/h4H,2-3,5-6H2,1H3,(H,16,17,18). The second-order valence-corrected chi connectivity index (χ2v) is 4.79. The first-order valence-electron chi connectivity index (χ1n) is 5.83. The van der Waals surface area contributed by atoms with E-state index in [1.165, 1.54) is 7.11 Å². The molecule has 0 amide bonds. The van der Waals surface area contributed by atoms with Crippen LogP contribution < -0.4 is 5.32 Å². The molecule has 1 saturated heterocycles. The van der Waals surface area contributed by atoms with E-state index in [1.54, 1.807) is 0 Å². The van der Waals surface area contributed by atoms with E-state index in [-0.39, 0.29) is 12.4 Å². The Kier molecular flexibility index (Phi) is 4.36. The van der Waals surface area contributed by atoms with Gasteiger partial charge in [0.05, 0.1) is 6.61 Å². The minimum Gasteiger partial charge on any atom is -0.378 e. The molecule has 0 aliphatic carbocycles. The van der Waals surface area contributed by atoms with Crippen molar-refractivity contribution in [3.05, 3.63) is 17.0 Å². The summed E-state index contributed by atoms with van der Waals surface area (Å²) in [7, 11) is 1.53. The third-order valence-electron chi connectivity index (χ3n) is 3.08. The van der Waals surface area contributed by atoms with Crippen LogP contribution in [0, 0.1) is 0 Å². The van der Waals surface area contributed by atoms with Crippen molar-refractivity contribution in [2.24, 2.45) is 0 Å². The fraction of sp³-hybridized carbons (Fsp3) is 0.636. The number of rotatable bonds is 4. The number of methoxy groups -OCH3 is 1. The fourth-order valence-corrected chi connectivity index (χ4v) is 2.05. The van der Waals surface area contributed by atoms with Gasteiger partial charge >= 0.3 is 6.18 Å². The molecule has 2 rings (SSSR count). The number of hydrogen-bond donors (Lipinski definition) is 1. The lowest BCUT2D eigenvalue weighted by molar-refractivity contribution is -0.141. The molecule has 2 heterocycles. The molecule has 1 N–H and O–H groups in total. The van der Waals surface area contributed by atoms with Crippen molar-refractivity contribution >= 4 is 17.4 Å². The molecule has 0 saturated carbocycles. The molecule has 1 atom stereocenters. The van der Waals surface area contributed by atoms with Crippen molar-refractivity contribution in [1.82, 2.24) is 9.97 Å². The molecule has 9 heteroatoms. The van der Waals surface area contributed by atoms with Crippen molar-refractivity contribution in [2.75, 3.05) is 32.2 Å². The average molecular weight is 312 g/mol. The van der Waals surface area contributed by atoms with Gasteiger partial charge in [-0.05, 0) is 11.6 Å². The summed E-state index contributed by atoms with van der Waals surface area (Å²) < 4.78 is 48.4. The normalized spacial score (nSPS) is 23.1. The maximum atomic E-state index is 12.6. The molecule has 1 aliphatic rings. The van der Waals surface area contributed by atoms with Gasteiger partial charge in [-0.3, -0.25) is 0 Å². The Labute approximate surface area is 118 Å². The number of alkyl halides is 3. The molecule has 1 aromatic heterocycles. The van der Waals surface area contributed by atoms with Crippen LogP contribution >= 0.6 is 11.6 Å². The summed E-state index contributed by atoms with van der Waals surface area (Å²) in [5.41, 5.74) is -1.65. The SMILES string of the molecule is COC1(CNc2cc(C(F)(F)F)nc(Cl)n2)CCOC1. The van der Waals surface area contributed by atoms with Gasteiger partial charge < -0.3 is 14.8 Å². The van der Waals surface area contributed by atoms with Crippen LogP contribution in [0.1, 0.15) is 12.1 Å². The summed E-state index contributed by atoms with van der Waals surface area (Å²) in [6.45, 7) is 1.20. The van der Waals surface area contributed by atoms with Crippen molar-refractivity contribution in [2.45, 2.75) is 18.2 Å². The number of nitrogens with zero attached hydrogens (tertiary/aromatic N) is 2. The van der Waals surface area contributed by atoms with E-state index in [2.05, 4.69) is 15.3 Å². The summed E-state index contributed by atoms with van der Waals surface area (Å²) in [5, 5.41) is 2.33. The summed E-state index contributed by atoms with van der Waals surface area (Å²) in [6.07, 6.45) is -3.92. The zero-order chi connectivity index (χ0) is 14.8. The number of hydrogen-bond acceptors (Lipinski definition) is 5. The monoisotopic (exact) mass is 311 g/mol. The van der Waals surface area contributed by atoms with Crippen molar-refractivity contribution < 1.29 is 22.6 Å². The molecule has 5 nitrogen and oxygen atoms in total. The van der Waals surface area contributed by atoms with Crippen molar-refractivity contribution in [3.63, 3.8) is 0 Å². The van der Waals surface area contributed by atoms with E-state index in [0.29, 0.717) is 19.6 Å². The second kappa shape index (κ2) is 5.71. The van der Waals surface area contributed by atoms with Crippen LogP contribution in [-0.2, 0) is 15.7 Å². The Morgan fingerprint density at radius 2 is 2.25 bits per heavy atom. The van der Waals surface area contributed by atoms with Crippen LogP contribution in [0.4, 0.5) is 19.0 Å². The molecule has 112 valence electrons. The highest BCUT2D eigenvalue weighted by Crippen LogP contribution is 2.30. The highest BCUT2D eigenvalue weighted by molar-refractivity contribution is 6.28. The van der Waals surface area contributed by atoms with Gasteiger partial charge in [-0.15, -0.1) is 0 Å². The number of anilines is 1. The van der Waals surface area contributed by atoms with Gasteiger partial charge in [-0.25, -0.2) is 9.97 Å². The molecule has 0 aromatic carbocycles. The predicted octanol–water partition coefficient (Wildman–Crippen LogP) is 2.37. The number of nitrogens with one attached hydrogen (secondary N) is 1. The maximum Gasteiger partial charge on any atom is 0.433 e. The largest absolute Gasteiger partial charge is 0.433 e.